The molecule has 0 unspecified atom stereocenters. The molecule has 424 valence electrons. The van der Waals surface area contributed by atoms with Gasteiger partial charge in [0.2, 0.25) is 0 Å². The molecule has 1 aliphatic carbocycles. The highest BCUT2D eigenvalue weighted by Crippen LogP contribution is 2.55. The molecule has 0 radical (unpaired) electrons. The molecule has 84 heavy (non-hydrogen) atoms. The molecule has 1 aliphatic rings. The lowest BCUT2D eigenvalue weighted by molar-refractivity contribution is 0.370. The van der Waals surface area contributed by atoms with Gasteiger partial charge >= 0.3 is 0 Å². The lowest BCUT2D eigenvalue weighted by atomic mass is 9.75. The van der Waals surface area contributed by atoms with E-state index in [0.29, 0.717) is 69.0 Å². The molecular formula is C72H64O12. The Kier molecular flexibility index (Phi) is 18.7. The van der Waals surface area contributed by atoms with Crippen LogP contribution in [0.3, 0.4) is 0 Å². The van der Waals surface area contributed by atoms with Crippen LogP contribution in [0.25, 0.3) is 0 Å². The first kappa shape index (κ1) is 58.3. The van der Waals surface area contributed by atoms with Gasteiger partial charge < -0.3 is 56.8 Å². The minimum absolute atomic E-state index is 0.0904. The third-order valence-electron chi connectivity index (χ3n) is 15.0. The fourth-order valence-electron chi connectivity index (χ4n) is 11.2. The van der Waals surface area contributed by atoms with E-state index in [-0.39, 0.29) is 26.4 Å². The van der Waals surface area contributed by atoms with E-state index in [9.17, 15) is 0 Å². The summed E-state index contributed by atoms with van der Waals surface area (Å²) in [7, 11) is 13.2. The van der Waals surface area contributed by atoms with E-state index < -0.39 is 23.7 Å². The van der Waals surface area contributed by atoms with Crippen molar-refractivity contribution in [2.75, 3.05) is 83.3 Å². The second-order valence-electron chi connectivity index (χ2n) is 19.3. The summed E-state index contributed by atoms with van der Waals surface area (Å²) >= 11 is 0. The van der Waals surface area contributed by atoms with Gasteiger partial charge in [0.15, 0.2) is 0 Å². The van der Waals surface area contributed by atoms with Gasteiger partial charge in [-0.1, -0.05) is 72.2 Å². The van der Waals surface area contributed by atoms with E-state index in [1.165, 1.54) is 0 Å². The van der Waals surface area contributed by atoms with Crippen molar-refractivity contribution in [2.45, 2.75) is 23.7 Å². The Labute approximate surface area is 492 Å². The Balaban J connectivity index is 1.51. The van der Waals surface area contributed by atoms with Crippen molar-refractivity contribution in [3.05, 3.63) is 212 Å². The summed E-state index contributed by atoms with van der Waals surface area (Å²) in [5, 5.41) is 0. The molecule has 0 saturated carbocycles. The van der Waals surface area contributed by atoms with Crippen LogP contribution < -0.4 is 56.8 Å². The first-order valence-corrected chi connectivity index (χ1v) is 26.8. The van der Waals surface area contributed by atoms with Crippen LogP contribution in [0.4, 0.5) is 0 Å². The van der Waals surface area contributed by atoms with Crippen LogP contribution in [0.2, 0.25) is 0 Å². The third-order valence-corrected chi connectivity index (χ3v) is 15.0. The number of methoxy groups -OCH3 is 8. The van der Waals surface area contributed by atoms with Gasteiger partial charge in [-0.25, -0.2) is 0 Å². The largest absolute Gasteiger partial charge is 0.496 e. The number of rotatable bonds is 20. The molecule has 0 heterocycles. The van der Waals surface area contributed by atoms with Gasteiger partial charge in [0, 0.05) is 92.4 Å². The van der Waals surface area contributed by atoms with Gasteiger partial charge in [-0.2, -0.15) is 0 Å². The SMILES string of the molecule is C#CCOc1ccc(C2c3cc(c(OC)cc3OC)C(c3ccc(OCC#C)cc3)c3cc(c(OC)cc3OC)C(c3ccc(OCC#C)cc3)c3cc(c(OC)cc3OC)C(c3ccc(OCC#C)cc3)c3cc2c(OC)cc3OC)cc1. The lowest BCUT2D eigenvalue weighted by Gasteiger charge is -2.32. The monoisotopic (exact) mass is 1120 g/mol. The van der Waals surface area contributed by atoms with Gasteiger partial charge in [-0.15, -0.1) is 25.7 Å². The summed E-state index contributed by atoms with van der Waals surface area (Å²) in [6.07, 6.45) is 22.6. The maximum atomic E-state index is 6.47. The van der Waals surface area contributed by atoms with Crippen molar-refractivity contribution in [3.8, 4) is 118 Å². The summed E-state index contributed by atoms with van der Waals surface area (Å²) < 4.78 is 75.6. The van der Waals surface area contributed by atoms with Crippen molar-refractivity contribution in [1.82, 2.24) is 0 Å². The second-order valence-corrected chi connectivity index (χ2v) is 19.3. The third kappa shape index (κ3) is 11.8. The first-order valence-electron chi connectivity index (χ1n) is 26.8. The van der Waals surface area contributed by atoms with Gasteiger partial charge in [-0.3, -0.25) is 0 Å². The molecule has 0 N–H and O–H groups in total. The number of fused-ring (bicyclic) bond motifs is 8. The van der Waals surface area contributed by atoms with Gasteiger partial charge in [-0.05, 0) is 95.1 Å². The summed E-state index contributed by atoms with van der Waals surface area (Å²) in [6, 6.07) is 47.7. The molecule has 0 aromatic heterocycles. The normalized spacial score (nSPS) is 14.8. The van der Waals surface area contributed by atoms with E-state index in [2.05, 4.69) is 47.9 Å². The zero-order valence-corrected chi connectivity index (χ0v) is 48.2. The Morgan fingerprint density at radius 2 is 0.405 bits per heavy atom. The topological polar surface area (TPSA) is 111 Å². The number of benzene rings is 8. The Hall–Kier alpha value is -10.4. The molecule has 9 rings (SSSR count). The highest BCUT2D eigenvalue weighted by atomic mass is 16.5. The van der Waals surface area contributed by atoms with E-state index in [4.69, 9.17) is 82.5 Å². The standard InChI is InChI=1S/C72H64O12/c1-13-33-81-49-25-17-45(18-26-49)69-53-37-55(63(75-7)41-61(53)73-5)70(46-19-27-50(28-20-46)82-34-14-2)57-39-59(67(79-11)43-65(57)77-9)72(48-23-31-52(32-24-48)84-36-16-4)60-40-58(66(78-10)44-68(60)80-12)71(47-21-29-51(30-22-47)83-35-15-3)56-38-54(69)62(74-6)42-64(56)76-8/h1-4,17-32,37-44,69-72H,33-36H2,5-12H3. The van der Waals surface area contributed by atoms with Crippen LogP contribution in [0.5, 0.6) is 69.0 Å². The smallest absolute Gasteiger partial charge is 0.148 e. The second kappa shape index (κ2) is 26.9. The molecule has 12 heteroatoms. The lowest BCUT2D eigenvalue weighted by Crippen LogP contribution is -2.16. The minimum Gasteiger partial charge on any atom is -0.496 e. The Morgan fingerprint density at radius 3 is 0.536 bits per heavy atom. The van der Waals surface area contributed by atoms with E-state index in [0.717, 1.165) is 66.8 Å². The summed E-state index contributed by atoms with van der Waals surface area (Å²) in [5.74, 6) is 14.4. The van der Waals surface area contributed by atoms with E-state index >= 15 is 0 Å². The number of terminal acetylenes is 4. The number of ether oxygens (including phenoxy) is 12. The van der Waals surface area contributed by atoms with Crippen molar-refractivity contribution in [1.29, 1.82) is 0 Å². The number of hydrogen-bond donors (Lipinski definition) is 0. The summed E-state index contributed by atoms with van der Waals surface area (Å²) in [4.78, 5) is 0. The zero-order chi connectivity index (χ0) is 59.3. The molecule has 8 bridgehead atoms. The quantitative estimate of drug-likeness (QED) is 0.0678. The Morgan fingerprint density at radius 1 is 0.250 bits per heavy atom. The maximum Gasteiger partial charge on any atom is 0.148 e. The fourth-order valence-corrected chi connectivity index (χ4v) is 11.2. The molecule has 8 aromatic rings. The van der Waals surface area contributed by atoms with Crippen LogP contribution in [0.15, 0.2) is 146 Å². The summed E-state index contributed by atoms with van der Waals surface area (Å²) in [5.41, 5.74) is 9.55. The van der Waals surface area contributed by atoms with Gasteiger partial charge in [0.25, 0.3) is 0 Å². The fraction of sp³-hybridized carbons (Fsp3) is 0.222. The predicted octanol–water partition coefficient (Wildman–Crippen LogP) is 12.8. The minimum atomic E-state index is -0.627. The first-order chi connectivity index (χ1) is 41.1. The van der Waals surface area contributed by atoms with Crippen molar-refractivity contribution in [3.63, 3.8) is 0 Å². The van der Waals surface area contributed by atoms with Crippen LogP contribution in [-0.4, -0.2) is 83.3 Å². The molecular weight excluding hydrogens is 1060 g/mol. The molecule has 0 atom stereocenters. The van der Waals surface area contributed by atoms with Crippen molar-refractivity contribution in [2.24, 2.45) is 0 Å². The predicted molar refractivity (Wildman–Crippen MR) is 325 cm³/mol. The molecule has 8 aromatic carbocycles. The van der Waals surface area contributed by atoms with Crippen molar-refractivity contribution >= 4 is 0 Å². The molecule has 12 nitrogen and oxygen atoms in total. The highest BCUT2D eigenvalue weighted by Gasteiger charge is 2.37. The molecule has 0 saturated heterocycles. The summed E-state index contributed by atoms with van der Waals surface area (Å²) in [6.45, 7) is 0.362. The molecule has 0 amide bonds. The maximum absolute atomic E-state index is 6.47. The molecule has 0 aliphatic heterocycles. The van der Waals surface area contributed by atoms with Crippen LogP contribution in [0, 0.1) is 49.4 Å². The zero-order valence-electron chi connectivity index (χ0n) is 48.2. The van der Waals surface area contributed by atoms with Gasteiger partial charge in [0.05, 0.1) is 56.9 Å². The van der Waals surface area contributed by atoms with Crippen LogP contribution in [0.1, 0.15) is 90.4 Å². The molecule has 0 spiro atoms. The average Bonchev–Trinajstić information content (AvgIpc) is 1.09. The highest BCUT2D eigenvalue weighted by molar-refractivity contribution is 5.68. The molecule has 0 fully saturated rings. The number of hydrogen-bond acceptors (Lipinski definition) is 12. The average molecular weight is 1120 g/mol. The van der Waals surface area contributed by atoms with Crippen LogP contribution in [-0.2, 0) is 0 Å². The van der Waals surface area contributed by atoms with Crippen molar-refractivity contribution < 1.29 is 56.8 Å². The van der Waals surface area contributed by atoms with Gasteiger partial charge in [0.1, 0.15) is 95.4 Å². The van der Waals surface area contributed by atoms with E-state index in [1.54, 1.807) is 56.9 Å². The van der Waals surface area contributed by atoms with Crippen LogP contribution >= 0.6 is 0 Å². The van der Waals surface area contributed by atoms with E-state index in [1.807, 2.05) is 121 Å². The Bertz CT molecular complexity index is 3170.